The lowest BCUT2D eigenvalue weighted by Crippen LogP contribution is -2.59. The van der Waals surface area contributed by atoms with Gasteiger partial charge in [-0.05, 0) is 108 Å². The van der Waals surface area contributed by atoms with Crippen LogP contribution in [0.1, 0.15) is 99.8 Å². The monoisotopic (exact) mass is 426 g/mol. The lowest BCUT2D eigenvalue weighted by Gasteiger charge is -2.61. The normalized spacial score (nSPS) is 44.6. The van der Waals surface area contributed by atoms with Crippen LogP contribution in [-0.4, -0.2) is 17.0 Å². The van der Waals surface area contributed by atoms with Crippen LogP contribution in [0, 0.1) is 45.8 Å². The second-order valence-corrected chi connectivity index (χ2v) is 12.8. The molecular formula is C29H46O2. The van der Waals surface area contributed by atoms with Gasteiger partial charge in [-0.2, -0.15) is 0 Å². The second-order valence-electron chi connectivity index (χ2n) is 12.8. The molecule has 0 aromatic carbocycles. The van der Waals surface area contributed by atoms with Crippen LogP contribution >= 0.6 is 0 Å². The first-order valence-corrected chi connectivity index (χ1v) is 13.0. The summed E-state index contributed by atoms with van der Waals surface area (Å²) in [5.74, 6) is 3.79. The molecule has 0 saturated heterocycles. The van der Waals surface area contributed by atoms with E-state index >= 15 is 0 Å². The summed E-state index contributed by atoms with van der Waals surface area (Å²) < 4.78 is 0. The molecule has 0 spiro atoms. The Hall–Kier alpha value is -0.890. The minimum Gasteiger partial charge on any atom is -0.392 e. The van der Waals surface area contributed by atoms with E-state index in [2.05, 4.69) is 60.6 Å². The standard InChI is InChI=1S/C29H46O2/c1-18(2)9-8-10-19(3)21-12-13-22-20-11-14-24-27(4,5)25(30)17-26(31)29(24,7)23(20)15-16-28(21,22)6/h9,14,19-23,26,31H,8,10-13,15-17H2,1-7H3/t19-,20+,21-,22+,23+,26?,28-,29-/m1/s1. The number of allylic oxidation sites excluding steroid dienone is 3. The first kappa shape index (κ1) is 23.3. The predicted molar refractivity (Wildman–Crippen MR) is 129 cm³/mol. The van der Waals surface area contributed by atoms with E-state index in [4.69, 9.17) is 0 Å². The molecule has 1 unspecified atom stereocenters. The van der Waals surface area contributed by atoms with Crippen LogP contribution in [0.25, 0.3) is 0 Å². The Balaban J connectivity index is 1.60. The summed E-state index contributed by atoms with van der Waals surface area (Å²) >= 11 is 0. The Labute approximate surface area is 191 Å². The van der Waals surface area contributed by atoms with Gasteiger partial charge in [0.2, 0.25) is 0 Å². The molecule has 8 atom stereocenters. The summed E-state index contributed by atoms with van der Waals surface area (Å²) in [5.41, 5.74) is 2.48. The summed E-state index contributed by atoms with van der Waals surface area (Å²) in [6.45, 7) is 16.0. The van der Waals surface area contributed by atoms with Crippen LogP contribution in [0.15, 0.2) is 23.3 Å². The number of Topliss-reactive ketones (excluding diaryl/α,β-unsaturated/α-hetero) is 1. The molecule has 0 aromatic rings. The highest BCUT2D eigenvalue weighted by molar-refractivity contribution is 5.89. The van der Waals surface area contributed by atoms with E-state index in [1.165, 1.54) is 49.7 Å². The summed E-state index contributed by atoms with van der Waals surface area (Å²) in [6, 6.07) is 0. The van der Waals surface area contributed by atoms with E-state index < -0.39 is 11.5 Å². The first-order chi connectivity index (χ1) is 14.4. The van der Waals surface area contributed by atoms with E-state index in [9.17, 15) is 9.90 Å². The smallest absolute Gasteiger partial charge is 0.145 e. The van der Waals surface area contributed by atoms with Crippen molar-refractivity contribution in [1.29, 1.82) is 0 Å². The third-order valence-electron chi connectivity index (χ3n) is 10.8. The Morgan fingerprint density at radius 3 is 2.55 bits per heavy atom. The molecule has 4 aliphatic rings. The number of rotatable bonds is 4. The first-order valence-electron chi connectivity index (χ1n) is 13.0. The summed E-state index contributed by atoms with van der Waals surface area (Å²) in [7, 11) is 0. The molecule has 0 aliphatic heterocycles. The van der Waals surface area contributed by atoms with Crippen molar-refractivity contribution in [1.82, 2.24) is 0 Å². The van der Waals surface area contributed by atoms with Gasteiger partial charge in [0.15, 0.2) is 0 Å². The van der Waals surface area contributed by atoms with Gasteiger partial charge in [0.1, 0.15) is 5.78 Å². The van der Waals surface area contributed by atoms with Crippen molar-refractivity contribution >= 4 is 5.78 Å². The van der Waals surface area contributed by atoms with Crippen molar-refractivity contribution in [2.75, 3.05) is 0 Å². The molecule has 31 heavy (non-hydrogen) atoms. The number of ketones is 1. The van der Waals surface area contributed by atoms with Gasteiger partial charge in [0.25, 0.3) is 0 Å². The van der Waals surface area contributed by atoms with Gasteiger partial charge in [-0.1, -0.05) is 44.1 Å². The quantitative estimate of drug-likeness (QED) is 0.486. The molecule has 1 N–H and O–H groups in total. The van der Waals surface area contributed by atoms with Crippen molar-refractivity contribution in [3.8, 4) is 0 Å². The van der Waals surface area contributed by atoms with Crippen LogP contribution in [-0.2, 0) is 4.79 Å². The van der Waals surface area contributed by atoms with Gasteiger partial charge in [0.05, 0.1) is 6.10 Å². The van der Waals surface area contributed by atoms with Crippen molar-refractivity contribution in [3.05, 3.63) is 23.3 Å². The highest BCUT2D eigenvalue weighted by Crippen LogP contribution is 2.68. The summed E-state index contributed by atoms with van der Waals surface area (Å²) in [6.07, 6.45) is 13.5. The van der Waals surface area contributed by atoms with Crippen molar-refractivity contribution < 1.29 is 9.90 Å². The molecule has 0 aromatic heterocycles. The summed E-state index contributed by atoms with van der Waals surface area (Å²) in [4.78, 5) is 12.8. The van der Waals surface area contributed by atoms with Crippen LogP contribution in [0.3, 0.4) is 0 Å². The van der Waals surface area contributed by atoms with E-state index in [0.717, 1.165) is 24.2 Å². The Kier molecular flexibility index (Phi) is 5.90. The molecule has 0 bridgehead atoms. The SMILES string of the molecule is CC(C)=CCC[C@@H](C)[C@H]1CC[C@H]2[C@@H]3CC=C4C(C)(C)C(=O)CC(O)[C@]4(C)[C@H]3CC[C@]12C. The zero-order valence-electron chi connectivity index (χ0n) is 21.1. The van der Waals surface area contributed by atoms with Crippen LogP contribution in [0.2, 0.25) is 0 Å². The molecule has 0 heterocycles. The lowest BCUT2D eigenvalue weighted by molar-refractivity contribution is -0.144. The van der Waals surface area contributed by atoms with Gasteiger partial charge in [-0.3, -0.25) is 4.79 Å². The fraction of sp³-hybridized carbons (Fsp3) is 0.828. The number of carbonyl (C=O) groups excluding carboxylic acids is 1. The molecule has 3 fully saturated rings. The second kappa shape index (κ2) is 7.86. The van der Waals surface area contributed by atoms with E-state index in [1.54, 1.807) is 0 Å². The van der Waals surface area contributed by atoms with E-state index in [0.29, 0.717) is 23.7 Å². The molecule has 2 heteroatoms. The highest BCUT2D eigenvalue weighted by Gasteiger charge is 2.63. The Morgan fingerprint density at radius 2 is 1.87 bits per heavy atom. The van der Waals surface area contributed by atoms with Crippen molar-refractivity contribution in [2.24, 2.45) is 45.8 Å². The fourth-order valence-corrected chi connectivity index (χ4v) is 8.99. The lowest BCUT2D eigenvalue weighted by atomic mass is 9.43. The largest absolute Gasteiger partial charge is 0.392 e. The maximum Gasteiger partial charge on any atom is 0.145 e. The maximum absolute atomic E-state index is 12.8. The molecule has 174 valence electrons. The van der Waals surface area contributed by atoms with Crippen LogP contribution in [0.4, 0.5) is 0 Å². The van der Waals surface area contributed by atoms with Crippen molar-refractivity contribution in [3.63, 3.8) is 0 Å². The molecule has 4 rings (SSSR count). The molecule has 4 aliphatic carbocycles. The van der Waals surface area contributed by atoms with E-state index in [-0.39, 0.29) is 11.2 Å². The van der Waals surface area contributed by atoms with Crippen molar-refractivity contribution in [2.45, 2.75) is 106 Å². The number of hydrogen-bond donors (Lipinski definition) is 1. The molecule has 2 nitrogen and oxygen atoms in total. The zero-order chi connectivity index (χ0) is 22.8. The van der Waals surface area contributed by atoms with Gasteiger partial charge in [0, 0.05) is 17.3 Å². The Bertz CT molecular complexity index is 785. The summed E-state index contributed by atoms with van der Waals surface area (Å²) in [5, 5.41) is 11.2. The fourth-order valence-electron chi connectivity index (χ4n) is 8.99. The number of aliphatic hydroxyl groups excluding tert-OH is 1. The average Bonchev–Trinajstić information content (AvgIpc) is 3.04. The zero-order valence-corrected chi connectivity index (χ0v) is 21.1. The number of hydrogen-bond acceptors (Lipinski definition) is 2. The third kappa shape index (κ3) is 3.42. The minimum atomic E-state index is -0.517. The molecule has 0 amide bonds. The van der Waals surface area contributed by atoms with Crippen LogP contribution < -0.4 is 0 Å². The third-order valence-corrected chi connectivity index (χ3v) is 10.8. The van der Waals surface area contributed by atoms with Gasteiger partial charge >= 0.3 is 0 Å². The predicted octanol–water partition coefficient (Wildman–Crippen LogP) is 7.12. The highest BCUT2D eigenvalue weighted by atomic mass is 16.3. The van der Waals surface area contributed by atoms with Gasteiger partial charge in [-0.15, -0.1) is 0 Å². The maximum atomic E-state index is 12.8. The van der Waals surface area contributed by atoms with Gasteiger partial charge in [-0.25, -0.2) is 0 Å². The van der Waals surface area contributed by atoms with E-state index in [1.807, 2.05) is 0 Å². The average molecular weight is 427 g/mol. The number of aliphatic hydroxyl groups is 1. The topological polar surface area (TPSA) is 37.3 Å². The molecular weight excluding hydrogens is 380 g/mol. The number of fused-ring (bicyclic) bond motifs is 5. The minimum absolute atomic E-state index is 0.217. The number of carbonyl (C=O) groups is 1. The Morgan fingerprint density at radius 1 is 1.16 bits per heavy atom. The van der Waals surface area contributed by atoms with Crippen LogP contribution in [0.5, 0.6) is 0 Å². The molecule has 0 radical (unpaired) electrons. The molecule has 3 saturated carbocycles. The van der Waals surface area contributed by atoms with Gasteiger partial charge < -0.3 is 5.11 Å².